The third-order valence-electron chi connectivity index (χ3n) is 3.20. The van der Waals surface area contributed by atoms with Crippen molar-refractivity contribution in [1.82, 2.24) is 20.3 Å². The van der Waals surface area contributed by atoms with Crippen LogP contribution in [0.25, 0.3) is 0 Å². The van der Waals surface area contributed by atoms with Gasteiger partial charge in [-0.1, -0.05) is 6.92 Å². The molecule has 1 saturated heterocycles. The molecule has 0 aliphatic carbocycles. The van der Waals surface area contributed by atoms with E-state index in [2.05, 4.69) is 32.5 Å². The maximum Gasteiger partial charge on any atom is 0.322 e. The highest BCUT2D eigenvalue weighted by molar-refractivity contribution is 5.73. The van der Waals surface area contributed by atoms with Gasteiger partial charge in [-0.2, -0.15) is 15.0 Å². The number of hydrogen-bond donors (Lipinski definition) is 2. The quantitative estimate of drug-likeness (QED) is 0.785. The molecule has 2 N–H and O–H groups in total. The van der Waals surface area contributed by atoms with Gasteiger partial charge in [0.15, 0.2) is 0 Å². The Morgan fingerprint density at radius 1 is 1.43 bits per heavy atom. The zero-order chi connectivity index (χ0) is 15.2. The molecule has 1 fully saturated rings. The van der Waals surface area contributed by atoms with E-state index in [1.165, 1.54) is 14.0 Å². The highest BCUT2D eigenvalue weighted by Crippen LogP contribution is 2.19. The predicted molar refractivity (Wildman–Crippen MR) is 79.6 cm³/mol. The normalized spacial score (nSPS) is 17.7. The molecule has 21 heavy (non-hydrogen) atoms. The van der Waals surface area contributed by atoms with Crippen molar-refractivity contribution in [1.29, 1.82) is 0 Å². The first-order chi connectivity index (χ1) is 10.1. The summed E-state index contributed by atoms with van der Waals surface area (Å²) < 4.78 is 5.13. The van der Waals surface area contributed by atoms with Crippen LogP contribution in [0.15, 0.2) is 0 Å². The fourth-order valence-corrected chi connectivity index (χ4v) is 2.24. The molecule has 1 aromatic heterocycles. The molecule has 0 aromatic carbocycles. The van der Waals surface area contributed by atoms with Crippen molar-refractivity contribution in [3.05, 3.63) is 0 Å². The van der Waals surface area contributed by atoms with Crippen LogP contribution < -0.4 is 20.3 Å². The van der Waals surface area contributed by atoms with Crippen molar-refractivity contribution < 1.29 is 9.53 Å². The molecule has 2 heterocycles. The van der Waals surface area contributed by atoms with Gasteiger partial charge in [-0.25, -0.2) is 0 Å². The van der Waals surface area contributed by atoms with Gasteiger partial charge in [-0.05, 0) is 12.8 Å². The highest BCUT2D eigenvalue weighted by atomic mass is 16.5. The number of aromatic nitrogens is 3. The largest absolute Gasteiger partial charge is 0.467 e. The monoisotopic (exact) mass is 294 g/mol. The predicted octanol–water partition coefficient (Wildman–Crippen LogP) is 0.417. The van der Waals surface area contributed by atoms with Crippen LogP contribution in [0.2, 0.25) is 0 Å². The molecular formula is C13H22N6O2. The van der Waals surface area contributed by atoms with Crippen molar-refractivity contribution in [2.75, 3.05) is 37.0 Å². The molecule has 1 atom stereocenters. The lowest BCUT2D eigenvalue weighted by Crippen LogP contribution is -2.36. The number of nitrogens with zero attached hydrogens (tertiary/aromatic N) is 4. The molecule has 0 saturated carbocycles. The van der Waals surface area contributed by atoms with Crippen LogP contribution in [0.4, 0.5) is 11.9 Å². The standard InChI is InChI=1S/C13H22N6O2/c1-4-6-14-11-16-12(18-13(17-11)21-3)19-7-5-10(8-19)15-9(2)20/h10H,4-8H2,1-3H3,(H,15,20)(H,14,16,17,18). The Labute approximate surface area is 124 Å². The number of nitrogens with one attached hydrogen (secondary N) is 2. The lowest BCUT2D eigenvalue weighted by molar-refractivity contribution is -0.119. The van der Waals surface area contributed by atoms with E-state index in [0.29, 0.717) is 24.5 Å². The fraction of sp³-hybridized carbons (Fsp3) is 0.692. The zero-order valence-corrected chi connectivity index (χ0v) is 12.7. The Kier molecular flexibility index (Phi) is 5.13. The minimum atomic E-state index is -0.0135. The molecule has 8 heteroatoms. The van der Waals surface area contributed by atoms with Crippen molar-refractivity contribution >= 4 is 17.8 Å². The van der Waals surface area contributed by atoms with E-state index in [4.69, 9.17) is 4.74 Å². The van der Waals surface area contributed by atoms with Gasteiger partial charge in [0, 0.05) is 32.6 Å². The minimum absolute atomic E-state index is 0.0135. The Hall–Kier alpha value is -2.12. The van der Waals surface area contributed by atoms with Crippen molar-refractivity contribution in [2.24, 2.45) is 0 Å². The summed E-state index contributed by atoms with van der Waals surface area (Å²) in [6.07, 6.45) is 1.86. The van der Waals surface area contributed by atoms with Crippen LogP contribution in [0, 0.1) is 0 Å². The molecule has 0 bridgehead atoms. The zero-order valence-electron chi connectivity index (χ0n) is 12.7. The van der Waals surface area contributed by atoms with Crippen molar-refractivity contribution in [2.45, 2.75) is 32.7 Å². The van der Waals surface area contributed by atoms with Gasteiger partial charge in [0.2, 0.25) is 17.8 Å². The van der Waals surface area contributed by atoms with Gasteiger partial charge in [-0.15, -0.1) is 0 Å². The molecule has 1 amide bonds. The fourth-order valence-electron chi connectivity index (χ4n) is 2.24. The maximum absolute atomic E-state index is 11.1. The minimum Gasteiger partial charge on any atom is -0.467 e. The molecule has 1 unspecified atom stereocenters. The summed E-state index contributed by atoms with van der Waals surface area (Å²) >= 11 is 0. The molecule has 8 nitrogen and oxygen atoms in total. The van der Waals surface area contributed by atoms with E-state index in [9.17, 15) is 4.79 Å². The lowest BCUT2D eigenvalue weighted by atomic mass is 10.3. The van der Waals surface area contributed by atoms with Crippen LogP contribution in [0.1, 0.15) is 26.7 Å². The van der Waals surface area contributed by atoms with Gasteiger partial charge >= 0.3 is 6.01 Å². The maximum atomic E-state index is 11.1. The molecular weight excluding hydrogens is 272 g/mol. The number of ether oxygens (including phenoxy) is 1. The Morgan fingerprint density at radius 3 is 2.90 bits per heavy atom. The second-order valence-corrected chi connectivity index (χ2v) is 5.00. The van der Waals surface area contributed by atoms with Crippen molar-refractivity contribution in [3.8, 4) is 6.01 Å². The summed E-state index contributed by atoms with van der Waals surface area (Å²) in [5, 5.41) is 6.06. The van der Waals surface area contributed by atoms with Crippen LogP contribution in [-0.4, -0.2) is 53.6 Å². The van der Waals surface area contributed by atoms with Crippen molar-refractivity contribution in [3.63, 3.8) is 0 Å². The number of methoxy groups -OCH3 is 1. The van der Waals surface area contributed by atoms with Crippen LogP contribution in [-0.2, 0) is 4.79 Å². The average Bonchev–Trinajstić information content (AvgIpc) is 2.92. The Bertz CT molecular complexity index is 496. The lowest BCUT2D eigenvalue weighted by Gasteiger charge is -2.17. The molecule has 2 rings (SSSR count). The SMILES string of the molecule is CCCNc1nc(OC)nc(N2CCC(NC(C)=O)C2)n1. The number of amides is 1. The third-order valence-corrected chi connectivity index (χ3v) is 3.20. The molecule has 116 valence electrons. The summed E-state index contributed by atoms with van der Waals surface area (Å²) in [4.78, 5) is 26.0. The molecule has 1 aliphatic rings. The molecule has 0 spiro atoms. The van der Waals surface area contributed by atoms with E-state index in [1.54, 1.807) is 0 Å². The number of carbonyl (C=O) groups excluding carboxylic acids is 1. The summed E-state index contributed by atoms with van der Waals surface area (Å²) in [6.45, 7) is 5.89. The van der Waals surface area contributed by atoms with E-state index in [0.717, 1.165) is 25.9 Å². The van der Waals surface area contributed by atoms with E-state index in [-0.39, 0.29) is 11.9 Å². The number of hydrogen-bond acceptors (Lipinski definition) is 7. The average molecular weight is 294 g/mol. The van der Waals surface area contributed by atoms with E-state index in [1.807, 2.05) is 4.90 Å². The summed E-state index contributed by atoms with van der Waals surface area (Å²) in [6, 6.07) is 0.430. The van der Waals surface area contributed by atoms with Gasteiger partial charge in [0.25, 0.3) is 0 Å². The van der Waals surface area contributed by atoms with E-state index < -0.39 is 0 Å². The molecule has 0 radical (unpaired) electrons. The first-order valence-electron chi connectivity index (χ1n) is 7.18. The topological polar surface area (TPSA) is 92.3 Å². The summed E-state index contributed by atoms with van der Waals surface area (Å²) in [7, 11) is 1.53. The second kappa shape index (κ2) is 7.05. The number of anilines is 2. The van der Waals surface area contributed by atoms with Crippen LogP contribution in [0.3, 0.4) is 0 Å². The van der Waals surface area contributed by atoms with Gasteiger partial charge in [0.05, 0.1) is 7.11 Å². The third kappa shape index (κ3) is 4.17. The first-order valence-corrected chi connectivity index (χ1v) is 7.18. The molecule has 1 aliphatic heterocycles. The summed E-state index contributed by atoms with van der Waals surface area (Å²) in [5.41, 5.74) is 0. The Balaban J connectivity index is 2.10. The van der Waals surface area contributed by atoms with Gasteiger partial charge < -0.3 is 20.3 Å². The number of rotatable bonds is 6. The first kappa shape index (κ1) is 15.3. The van der Waals surface area contributed by atoms with Crippen LogP contribution >= 0.6 is 0 Å². The number of carbonyl (C=O) groups is 1. The van der Waals surface area contributed by atoms with Crippen LogP contribution in [0.5, 0.6) is 6.01 Å². The van der Waals surface area contributed by atoms with Gasteiger partial charge in [0.1, 0.15) is 0 Å². The summed E-state index contributed by atoms with van der Waals surface area (Å²) in [5.74, 6) is 1.08. The Morgan fingerprint density at radius 2 is 2.24 bits per heavy atom. The van der Waals surface area contributed by atoms with Gasteiger partial charge in [-0.3, -0.25) is 4.79 Å². The molecule has 1 aromatic rings. The smallest absolute Gasteiger partial charge is 0.322 e. The van der Waals surface area contributed by atoms with E-state index >= 15 is 0 Å². The second-order valence-electron chi connectivity index (χ2n) is 5.00. The highest BCUT2D eigenvalue weighted by Gasteiger charge is 2.25.